The summed E-state index contributed by atoms with van der Waals surface area (Å²) in [4.78, 5) is 4.70. The number of fused-ring (bicyclic) bond motifs is 9. The van der Waals surface area contributed by atoms with E-state index >= 15 is 0 Å². The van der Waals surface area contributed by atoms with Crippen molar-refractivity contribution in [3.63, 3.8) is 0 Å². The number of hydrogen-bond donors (Lipinski definition) is 0. The second kappa shape index (κ2) is 12.1. The molecule has 0 aliphatic heterocycles. The third-order valence-electron chi connectivity index (χ3n) is 10.6. The first-order valence-corrected chi connectivity index (χ1v) is 18.3. The van der Waals surface area contributed by atoms with Crippen molar-refractivity contribution in [3.8, 4) is 0 Å². The van der Waals surface area contributed by atoms with Crippen LogP contribution in [-0.4, -0.2) is 0 Å². The molecule has 54 heavy (non-hydrogen) atoms. The lowest BCUT2D eigenvalue weighted by molar-refractivity contribution is 0.669. The summed E-state index contributed by atoms with van der Waals surface area (Å²) in [5.41, 5.74) is 9.82. The monoisotopic (exact) mass is 692 g/mol. The zero-order valence-corrected chi connectivity index (χ0v) is 29.2. The molecule has 0 aliphatic carbocycles. The Kier molecular flexibility index (Phi) is 6.82. The lowest BCUT2D eigenvalue weighted by Crippen LogP contribution is -2.13. The van der Waals surface area contributed by atoms with Crippen molar-refractivity contribution in [2.24, 2.45) is 0 Å². The van der Waals surface area contributed by atoms with Gasteiger partial charge in [0.2, 0.25) is 0 Å². The SMILES string of the molecule is c1ccc(N(c2ccccc2)c2cccc(N(c3ccc4oc5ccccc5c4c3)c3cc4ccccc4c4cc5c(cc34)oc3ccccc35)c2)cc1. The summed E-state index contributed by atoms with van der Waals surface area (Å²) >= 11 is 0. The van der Waals surface area contributed by atoms with Crippen LogP contribution in [0.15, 0.2) is 203 Å². The molecule has 4 nitrogen and oxygen atoms in total. The molecule has 0 bridgehead atoms. The predicted octanol–water partition coefficient (Wildman–Crippen LogP) is 14.7. The Balaban J connectivity index is 1.21. The Morgan fingerprint density at radius 3 is 1.48 bits per heavy atom. The molecule has 2 aromatic heterocycles. The molecule has 0 amide bonds. The van der Waals surface area contributed by atoms with Crippen molar-refractivity contribution in [2.75, 3.05) is 9.80 Å². The van der Waals surface area contributed by atoms with Crippen LogP contribution in [-0.2, 0) is 0 Å². The summed E-state index contributed by atoms with van der Waals surface area (Å²) < 4.78 is 12.8. The van der Waals surface area contributed by atoms with Crippen LogP contribution in [0.3, 0.4) is 0 Å². The number of furan rings is 2. The second-order valence-corrected chi connectivity index (χ2v) is 13.7. The molecule has 0 spiro atoms. The van der Waals surface area contributed by atoms with Crippen LogP contribution in [0.2, 0.25) is 0 Å². The average molecular weight is 693 g/mol. The van der Waals surface area contributed by atoms with Gasteiger partial charge in [0.15, 0.2) is 0 Å². The van der Waals surface area contributed by atoms with Gasteiger partial charge in [-0.05, 0) is 107 Å². The highest BCUT2D eigenvalue weighted by Gasteiger charge is 2.22. The molecule has 0 fully saturated rings. The molecule has 9 aromatic carbocycles. The minimum atomic E-state index is 0.861. The minimum absolute atomic E-state index is 0.861. The van der Waals surface area contributed by atoms with Crippen molar-refractivity contribution in [1.82, 2.24) is 0 Å². The number of hydrogen-bond acceptors (Lipinski definition) is 4. The van der Waals surface area contributed by atoms with Crippen LogP contribution in [0.1, 0.15) is 0 Å². The van der Waals surface area contributed by atoms with Crippen LogP contribution in [0.5, 0.6) is 0 Å². The summed E-state index contributed by atoms with van der Waals surface area (Å²) in [5, 5.41) is 9.04. The van der Waals surface area contributed by atoms with Gasteiger partial charge in [0.1, 0.15) is 22.3 Å². The predicted molar refractivity (Wildman–Crippen MR) is 225 cm³/mol. The van der Waals surface area contributed by atoms with Crippen molar-refractivity contribution in [2.45, 2.75) is 0 Å². The van der Waals surface area contributed by atoms with Crippen LogP contribution in [0, 0.1) is 0 Å². The van der Waals surface area contributed by atoms with E-state index in [0.717, 1.165) is 83.4 Å². The number of nitrogens with zero attached hydrogens (tertiary/aromatic N) is 2. The number of rotatable bonds is 6. The zero-order chi connectivity index (χ0) is 35.6. The van der Waals surface area contributed by atoms with Crippen LogP contribution >= 0.6 is 0 Å². The van der Waals surface area contributed by atoms with Crippen molar-refractivity contribution < 1.29 is 8.83 Å². The van der Waals surface area contributed by atoms with Gasteiger partial charge in [-0.25, -0.2) is 0 Å². The summed E-state index contributed by atoms with van der Waals surface area (Å²) in [5.74, 6) is 0. The van der Waals surface area contributed by atoms with Crippen molar-refractivity contribution >= 4 is 99.5 Å². The van der Waals surface area contributed by atoms with E-state index in [2.05, 4.69) is 180 Å². The Morgan fingerprint density at radius 1 is 0.259 bits per heavy atom. The van der Waals surface area contributed by atoms with Gasteiger partial charge in [0.25, 0.3) is 0 Å². The fourth-order valence-electron chi connectivity index (χ4n) is 8.14. The summed E-state index contributed by atoms with van der Waals surface area (Å²) in [6.07, 6.45) is 0. The van der Waals surface area contributed by atoms with Crippen molar-refractivity contribution in [1.29, 1.82) is 0 Å². The van der Waals surface area contributed by atoms with E-state index < -0.39 is 0 Å². The molecule has 0 atom stereocenters. The first-order valence-electron chi connectivity index (χ1n) is 18.3. The molecule has 0 N–H and O–H groups in total. The molecule has 11 aromatic rings. The fraction of sp³-hybridized carbons (Fsp3) is 0. The van der Waals surface area contributed by atoms with E-state index in [1.807, 2.05) is 24.3 Å². The third kappa shape index (κ3) is 4.85. The maximum absolute atomic E-state index is 6.53. The molecule has 0 radical (unpaired) electrons. The molecule has 0 saturated heterocycles. The van der Waals surface area contributed by atoms with Gasteiger partial charge < -0.3 is 18.6 Å². The third-order valence-corrected chi connectivity index (χ3v) is 10.6. The van der Waals surface area contributed by atoms with E-state index in [9.17, 15) is 0 Å². The van der Waals surface area contributed by atoms with Gasteiger partial charge in [0, 0.05) is 55.4 Å². The Labute approximate surface area is 311 Å². The number of anilines is 6. The Bertz CT molecular complexity index is 3140. The lowest BCUT2D eigenvalue weighted by Gasteiger charge is -2.30. The van der Waals surface area contributed by atoms with E-state index in [1.54, 1.807) is 0 Å². The van der Waals surface area contributed by atoms with Crippen LogP contribution in [0.4, 0.5) is 34.1 Å². The average Bonchev–Trinajstić information content (AvgIpc) is 3.79. The van der Waals surface area contributed by atoms with Gasteiger partial charge in [-0.1, -0.05) is 103 Å². The highest BCUT2D eigenvalue weighted by atomic mass is 16.3. The molecular formula is C50H32N2O2. The van der Waals surface area contributed by atoms with Gasteiger partial charge in [0.05, 0.1) is 5.69 Å². The van der Waals surface area contributed by atoms with Crippen LogP contribution in [0.25, 0.3) is 65.4 Å². The molecule has 2 heterocycles. The zero-order valence-electron chi connectivity index (χ0n) is 29.2. The van der Waals surface area contributed by atoms with Gasteiger partial charge >= 0.3 is 0 Å². The van der Waals surface area contributed by atoms with E-state index in [0.29, 0.717) is 0 Å². The topological polar surface area (TPSA) is 32.8 Å². The van der Waals surface area contributed by atoms with Crippen LogP contribution < -0.4 is 9.80 Å². The maximum Gasteiger partial charge on any atom is 0.136 e. The summed E-state index contributed by atoms with van der Waals surface area (Å²) in [6.45, 7) is 0. The molecule has 0 unspecified atom stereocenters. The number of para-hydroxylation sites is 4. The normalized spacial score (nSPS) is 11.7. The molecular weight excluding hydrogens is 661 g/mol. The highest BCUT2D eigenvalue weighted by molar-refractivity contribution is 6.21. The van der Waals surface area contributed by atoms with E-state index in [4.69, 9.17) is 8.83 Å². The van der Waals surface area contributed by atoms with Gasteiger partial charge in [-0.3, -0.25) is 0 Å². The quantitative estimate of drug-likeness (QED) is 0.162. The minimum Gasteiger partial charge on any atom is -0.456 e. The Hall–Kier alpha value is -7.30. The smallest absolute Gasteiger partial charge is 0.136 e. The summed E-state index contributed by atoms with van der Waals surface area (Å²) in [6, 6.07) is 68.6. The van der Waals surface area contributed by atoms with Gasteiger partial charge in [-0.2, -0.15) is 0 Å². The molecule has 254 valence electrons. The van der Waals surface area contributed by atoms with Gasteiger partial charge in [-0.15, -0.1) is 0 Å². The maximum atomic E-state index is 6.53. The fourth-order valence-corrected chi connectivity index (χ4v) is 8.14. The molecule has 11 rings (SSSR count). The first-order chi connectivity index (χ1) is 26.8. The highest BCUT2D eigenvalue weighted by Crippen LogP contribution is 2.47. The number of benzene rings is 9. The molecule has 0 saturated carbocycles. The van der Waals surface area contributed by atoms with E-state index in [1.165, 1.54) is 16.2 Å². The Morgan fingerprint density at radius 2 is 0.778 bits per heavy atom. The van der Waals surface area contributed by atoms with E-state index in [-0.39, 0.29) is 0 Å². The standard InChI is InChI=1S/C50H32N2O2/c1-3-15-34(16-4-1)51(35-17-5-2-6-18-35)36-19-13-20-37(29-36)52(38-26-27-49-44(30-38)40-22-9-11-24-47(40)53-49)46-28-33-14-7-8-21-39(33)42-31-45-41-23-10-12-25-48(41)54-50(45)32-43(42)46/h1-32H. The largest absolute Gasteiger partial charge is 0.456 e. The molecule has 0 aliphatic rings. The first kappa shape index (κ1) is 30.3. The molecule has 4 heteroatoms. The second-order valence-electron chi connectivity index (χ2n) is 13.7. The lowest BCUT2D eigenvalue weighted by atomic mass is 9.97. The van der Waals surface area contributed by atoms with Crippen molar-refractivity contribution in [3.05, 3.63) is 194 Å². The summed E-state index contributed by atoms with van der Waals surface area (Å²) in [7, 11) is 0.